The summed E-state index contributed by atoms with van der Waals surface area (Å²) in [4.78, 5) is 20.3. The number of aryl methyl sites for hydroxylation is 2. The van der Waals surface area contributed by atoms with Crippen molar-refractivity contribution in [2.75, 3.05) is 15.4 Å². The van der Waals surface area contributed by atoms with Crippen LogP contribution >= 0.6 is 11.6 Å². The van der Waals surface area contributed by atoms with Crippen molar-refractivity contribution >= 4 is 50.5 Å². The highest BCUT2D eigenvalue weighted by Crippen LogP contribution is 2.29. The Morgan fingerprint density at radius 3 is 2.28 bits per heavy atom. The van der Waals surface area contributed by atoms with Crippen LogP contribution in [0.2, 0.25) is 5.02 Å². The molecular formula is C26H24ClN5O3S. The first kappa shape index (κ1) is 25.2. The average molecular weight is 522 g/mol. The largest absolute Gasteiger partial charge is 0.326 e. The van der Waals surface area contributed by atoms with Gasteiger partial charge in [0, 0.05) is 30.1 Å². The molecular weight excluding hydrogens is 498 g/mol. The molecule has 1 heterocycles. The maximum Gasteiger partial charge on any atom is 0.263 e. The number of nitrogens with one attached hydrogen (secondary N) is 3. The van der Waals surface area contributed by atoms with Gasteiger partial charge in [-0.2, -0.15) is 0 Å². The second-order valence-electron chi connectivity index (χ2n) is 8.18. The highest BCUT2D eigenvalue weighted by atomic mass is 35.5. The number of rotatable bonds is 7. The van der Waals surface area contributed by atoms with Gasteiger partial charge >= 0.3 is 0 Å². The van der Waals surface area contributed by atoms with Gasteiger partial charge in [-0.15, -0.1) is 0 Å². The predicted molar refractivity (Wildman–Crippen MR) is 143 cm³/mol. The molecule has 0 fully saturated rings. The first-order valence-corrected chi connectivity index (χ1v) is 12.9. The van der Waals surface area contributed by atoms with E-state index in [1.807, 2.05) is 31.2 Å². The SMILES string of the molecule is CC(=O)Nc1ccc(-c2nc(Nc3cccc(NS(=O)(=O)c4c(C)cccc4Cl)c3)ncc2C)cc1. The molecule has 0 radical (unpaired) electrons. The van der Waals surface area contributed by atoms with E-state index in [1.165, 1.54) is 6.92 Å². The van der Waals surface area contributed by atoms with Gasteiger partial charge in [0.15, 0.2) is 0 Å². The first-order valence-electron chi connectivity index (χ1n) is 11.0. The second-order valence-corrected chi connectivity index (χ2v) is 10.2. The van der Waals surface area contributed by atoms with Crippen LogP contribution in [0.25, 0.3) is 11.3 Å². The third kappa shape index (κ3) is 5.81. The van der Waals surface area contributed by atoms with Crippen LogP contribution in [0.5, 0.6) is 0 Å². The van der Waals surface area contributed by atoms with Crippen LogP contribution < -0.4 is 15.4 Å². The lowest BCUT2D eigenvalue weighted by Gasteiger charge is -2.13. The normalized spacial score (nSPS) is 11.1. The smallest absolute Gasteiger partial charge is 0.263 e. The number of benzene rings is 3. The van der Waals surface area contributed by atoms with E-state index < -0.39 is 10.0 Å². The predicted octanol–water partition coefficient (Wildman–Crippen LogP) is 5.92. The van der Waals surface area contributed by atoms with Gasteiger partial charge in [0.2, 0.25) is 11.9 Å². The maximum absolute atomic E-state index is 13.0. The summed E-state index contributed by atoms with van der Waals surface area (Å²) in [5, 5.41) is 6.02. The fraction of sp³-hybridized carbons (Fsp3) is 0.115. The van der Waals surface area contributed by atoms with Gasteiger partial charge in [-0.25, -0.2) is 18.4 Å². The number of sulfonamides is 1. The van der Waals surface area contributed by atoms with Gasteiger partial charge in [-0.05, 0) is 61.4 Å². The zero-order valence-corrected chi connectivity index (χ0v) is 21.4. The topological polar surface area (TPSA) is 113 Å². The quantitative estimate of drug-likeness (QED) is 0.278. The van der Waals surface area contributed by atoms with E-state index in [-0.39, 0.29) is 15.8 Å². The van der Waals surface area contributed by atoms with Crippen LogP contribution in [0.15, 0.2) is 77.8 Å². The van der Waals surface area contributed by atoms with Crippen molar-refractivity contribution in [3.63, 3.8) is 0 Å². The molecule has 36 heavy (non-hydrogen) atoms. The first-order chi connectivity index (χ1) is 17.1. The minimum atomic E-state index is -3.89. The Labute approximate surface area is 214 Å². The van der Waals surface area contributed by atoms with E-state index in [2.05, 4.69) is 25.3 Å². The number of carbonyl (C=O) groups excluding carboxylic acids is 1. The molecule has 0 saturated carbocycles. The zero-order valence-electron chi connectivity index (χ0n) is 19.8. The Hall–Kier alpha value is -3.95. The Morgan fingerprint density at radius 1 is 0.889 bits per heavy atom. The van der Waals surface area contributed by atoms with Crippen molar-refractivity contribution in [3.05, 3.63) is 89.1 Å². The van der Waals surface area contributed by atoms with Crippen molar-refractivity contribution < 1.29 is 13.2 Å². The Bertz CT molecular complexity index is 1520. The number of amides is 1. The number of nitrogens with zero attached hydrogens (tertiary/aromatic N) is 2. The minimum Gasteiger partial charge on any atom is -0.326 e. The molecule has 0 bridgehead atoms. The maximum atomic E-state index is 13.0. The van der Waals surface area contributed by atoms with Crippen LogP contribution in [0.1, 0.15) is 18.1 Å². The second kappa shape index (κ2) is 10.3. The lowest BCUT2D eigenvalue weighted by atomic mass is 10.1. The van der Waals surface area contributed by atoms with E-state index >= 15 is 0 Å². The van der Waals surface area contributed by atoms with E-state index in [0.717, 1.165) is 16.8 Å². The summed E-state index contributed by atoms with van der Waals surface area (Å²) in [5.74, 6) is 0.211. The molecule has 0 saturated heterocycles. The summed E-state index contributed by atoms with van der Waals surface area (Å²) < 4.78 is 28.5. The molecule has 10 heteroatoms. The van der Waals surface area contributed by atoms with Crippen LogP contribution in [-0.4, -0.2) is 24.3 Å². The van der Waals surface area contributed by atoms with E-state index in [9.17, 15) is 13.2 Å². The molecule has 4 aromatic rings. The minimum absolute atomic E-state index is 0.0426. The third-order valence-corrected chi connectivity index (χ3v) is 7.26. The summed E-state index contributed by atoms with van der Waals surface area (Å²) in [7, 11) is -3.89. The zero-order chi connectivity index (χ0) is 25.9. The van der Waals surface area contributed by atoms with Crippen LogP contribution in [0, 0.1) is 13.8 Å². The number of halogens is 1. The van der Waals surface area contributed by atoms with E-state index in [0.29, 0.717) is 28.6 Å². The summed E-state index contributed by atoms with van der Waals surface area (Å²) in [6.45, 7) is 5.06. The van der Waals surface area contributed by atoms with Gasteiger partial charge in [-0.1, -0.05) is 41.9 Å². The number of anilines is 4. The van der Waals surface area contributed by atoms with Gasteiger partial charge in [0.25, 0.3) is 10.0 Å². The van der Waals surface area contributed by atoms with Crippen LogP contribution in [0.3, 0.4) is 0 Å². The van der Waals surface area contributed by atoms with Crippen molar-refractivity contribution in [1.29, 1.82) is 0 Å². The van der Waals surface area contributed by atoms with Gasteiger partial charge in [-0.3, -0.25) is 9.52 Å². The molecule has 1 amide bonds. The van der Waals surface area contributed by atoms with E-state index in [1.54, 1.807) is 55.6 Å². The Kier molecular flexibility index (Phi) is 7.23. The summed E-state index contributed by atoms with van der Waals surface area (Å²) >= 11 is 6.16. The molecule has 0 aliphatic carbocycles. The average Bonchev–Trinajstić information content (AvgIpc) is 2.80. The van der Waals surface area contributed by atoms with E-state index in [4.69, 9.17) is 11.6 Å². The highest BCUT2D eigenvalue weighted by molar-refractivity contribution is 7.92. The third-order valence-electron chi connectivity index (χ3n) is 5.25. The lowest BCUT2D eigenvalue weighted by molar-refractivity contribution is -0.114. The van der Waals surface area contributed by atoms with Crippen molar-refractivity contribution in [2.24, 2.45) is 0 Å². The Morgan fingerprint density at radius 2 is 1.58 bits per heavy atom. The summed E-state index contributed by atoms with van der Waals surface area (Å²) in [5.41, 5.74) is 4.68. The standard InChI is InChI=1S/C26H24ClN5O3S/c1-16-6-4-9-23(27)25(16)36(34,35)32-22-8-5-7-21(14-22)30-26-28-15-17(2)24(31-26)19-10-12-20(13-11-19)29-18(3)33/h4-15,32H,1-3H3,(H,29,33)(H,28,30,31). The van der Waals surface area contributed by atoms with Crippen LogP contribution in [0.4, 0.5) is 23.0 Å². The molecule has 0 atom stereocenters. The van der Waals surface area contributed by atoms with Gasteiger partial charge in [0.1, 0.15) is 4.90 Å². The number of aromatic nitrogens is 2. The molecule has 1 aromatic heterocycles. The van der Waals surface area contributed by atoms with Crippen molar-refractivity contribution in [2.45, 2.75) is 25.7 Å². The molecule has 3 N–H and O–H groups in total. The molecule has 184 valence electrons. The summed E-state index contributed by atoms with van der Waals surface area (Å²) in [6, 6.07) is 19.1. The van der Waals surface area contributed by atoms with Gasteiger partial charge in [0.05, 0.1) is 16.4 Å². The van der Waals surface area contributed by atoms with Gasteiger partial charge < -0.3 is 10.6 Å². The molecule has 0 aliphatic heterocycles. The number of hydrogen-bond donors (Lipinski definition) is 3. The lowest BCUT2D eigenvalue weighted by Crippen LogP contribution is -2.15. The Balaban J connectivity index is 1.56. The fourth-order valence-corrected chi connectivity index (χ4v) is 5.54. The summed E-state index contributed by atoms with van der Waals surface area (Å²) in [6.07, 6.45) is 1.71. The fourth-order valence-electron chi connectivity index (χ4n) is 3.66. The molecule has 0 unspecified atom stereocenters. The molecule has 4 rings (SSSR count). The molecule has 0 spiro atoms. The molecule has 3 aromatic carbocycles. The van der Waals surface area contributed by atoms with Crippen molar-refractivity contribution in [1.82, 2.24) is 9.97 Å². The number of hydrogen-bond acceptors (Lipinski definition) is 6. The molecule has 0 aliphatic rings. The monoisotopic (exact) mass is 521 g/mol. The highest BCUT2D eigenvalue weighted by Gasteiger charge is 2.20. The van der Waals surface area contributed by atoms with Crippen molar-refractivity contribution in [3.8, 4) is 11.3 Å². The molecule has 8 nitrogen and oxygen atoms in total. The number of carbonyl (C=O) groups is 1. The van der Waals surface area contributed by atoms with Crippen LogP contribution in [-0.2, 0) is 14.8 Å².